The molecule has 0 amide bonds. The van der Waals surface area contributed by atoms with Crippen LogP contribution in [0.4, 0.5) is 13.2 Å². The van der Waals surface area contributed by atoms with Crippen LogP contribution in [0.5, 0.6) is 0 Å². The molecule has 1 fully saturated rings. The standard InChI is InChI=1S/C15H29F3N2/c1-5-14(4)11-20(13(10-19-14)12(2)3)9-7-6-8-15(16,17)18/h12-13,19H,5-11H2,1-4H3. The molecule has 0 aromatic heterocycles. The van der Waals surface area contributed by atoms with Gasteiger partial charge in [-0.25, -0.2) is 0 Å². The van der Waals surface area contributed by atoms with Gasteiger partial charge in [-0.1, -0.05) is 20.8 Å². The highest BCUT2D eigenvalue weighted by Gasteiger charge is 2.35. The van der Waals surface area contributed by atoms with Gasteiger partial charge in [0.15, 0.2) is 0 Å². The highest BCUT2D eigenvalue weighted by atomic mass is 19.4. The quantitative estimate of drug-likeness (QED) is 0.749. The molecule has 1 saturated heterocycles. The van der Waals surface area contributed by atoms with Crippen LogP contribution in [-0.2, 0) is 0 Å². The predicted octanol–water partition coefficient (Wildman–Crippen LogP) is 3.82. The van der Waals surface area contributed by atoms with Gasteiger partial charge in [0.2, 0.25) is 0 Å². The Morgan fingerprint density at radius 3 is 2.45 bits per heavy atom. The number of hydrogen-bond acceptors (Lipinski definition) is 2. The Balaban J connectivity index is 2.48. The molecule has 0 saturated carbocycles. The van der Waals surface area contributed by atoms with Crippen LogP contribution < -0.4 is 5.32 Å². The van der Waals surface area contributed by atoms with Gasteiger partial charge in [-0.2, -0.15) is 13.2 Å². The number of piperazine rings is 1. The van der Waals surface area contributed by atoms with Gasteiger partial charge >= 0.3 is 6.18 Å². The molecule has 0 spiro atoms. The Kier molecular flexibility index (Phi) is 6.32. The van der Waals surface area contributed by atoms with Crippen molar-refractivity contribution in [3.05, 3.63) is 0 Å². The van der Waals surface area contributed by atoms with Crippen molar-refractivity contribution >= 4 is 0 Å². The van der Waals surface area contributed by atoms with Crippen molar-refractivity contribution in [3.63, 3.8) is 0 Å². The molecular weight excluding hydrogens is 265 g/mol. The lowest BCUT2D eigenvalue weighted by Crippen LogP contribution is -2.63. The summed E-state index contributed by atoms with van der Waals surface area (Å²) >= 11 is 0. The van der Waals surface area contributed by atoms with Crippen molar-refractivity contribution in [1.29, 1.82) is 0 Å². The highest BCUT2D eigenvalue weighted by molar-refractivity contribution is 4.95. The summed E-state index contributed by atoms with van der Waals surface area (Å²) in [5, 5.41) is 3.60. The highest BCUT2D eigenvalue weighted by Crippen LogP contribution is 2.25. The largest absolute Gasteiger partial charge is 0.389 e. The fourth-order valence-electron chi connectivity index (χ4n) is 2.88. The number of nitrogens with zero attached hydrogens (tertiary/aromatic N) is 1. The summed E-state index contributed by atoms with van der Waals surface area (Å²) < 4.78 is 36.5. The fourth-order valence-corrected chi connectivity index (χ4v) is 2.88. The summed E-state index contributed by atoms with van der Waals surface area (Å²) in [7, 11) is 0. The zero-order valence-corrected chi connectivity index (χ0v) is 13.2. The molecule has 0 bridgehead atoms. The van der Waals surface area contributed by atoms with Gasteiger partial charge in [0.1, 0.15) is 0 Å². The van der Waals surface area contributed by atoms with E-state index in [0.29, 0.717) is 18.4 Å². The first-order chi connectivity index (χ1) is 9.17. The molecule has 2 atom stereocenters. The lowest BCUT2D eigenvalue weighted by Gasteiger charge is -2.47. The second-order valence-corrected chi connectivity index (χ2v) is 6.65. The number of unbranched alkanes of at least 4 members (excludes halogenated alkanes) is 1. The van der Waals surface area contributed by atoms with Gasteiger partial charge in [-0.05, 0) is 38.6 Å². The zero-order chi connectivity index (χ0) is 15.4. The van der Waals surface area contributed by atoms with Crippen LogP contribution in [0.2, 0.25) is 0 Å². The average Bonchev–Trinajstić information content (AvgIpc) is 2.33. The topological polar surface area (TPSA) is 15.3 Å². The number of halogens is 3. The Bertz CT molecular complexity index is 291. The monoisotopic (exact) mass is 294 g/mol. The van der Waals surface area contributed by atoms with E-state index in [1.54, 1.807) is 0 Å². The van der Waals surface area contributed by atoms with Gasteiger partial charge in [0, 0.05) is 31.1 Å². The smallest absolute Gasteiger partial charge is 0.309 e. The molecule has 1 rings (SSSR count). The van der Waals surface area contributed by atoms with Crippen molar-refractivity contribution < 1.29 is 13.2 Å². The maximum atomic E-state index is 12.2. The first-order valence-corrected chi connectivity index (χ1v) is 7.73. The van der Waals surface area contributed by atoms with Crippen LogP contribution in [0.3, 0.4) is 0 Å². The van der Waals surface area contributed by atoms with Crippen molar-refractivity contribution in [2.24, 2.45) is 5.92 Å². The third kappa shape index (κ3) is 5.60. The molecule has 1 aliphatic rings. The molecule has 120 valence electrons. The third-order valence-electron chi connectivity index (χ3n) is 4.46. The summed E-state index contributed by atoms with van der Waals surface area (Å²) in [5.41, 5.74) is 0.0927. The van der Waals surface area contributed by atoms with E-state index in [0.717, 1.165) is 26.1 Å². The van der Waals surface area contributed by atoms with E-state index >= 15 is 0 Å². The molecule has 0 aliphatic carbocycles. The Morgan fingerprint density at radius 1 is 1.30 bits per heavy atom. The molecule has 20 heavy (non-hydrogen) atoms. The molecule has 0 radical (unpaired) electrons. The molecule has 2 nitrogen and oxygen atoms in total. The second kappa shape index (κ2) is 7.12. The second-order valence-electron chi connectivity index (χ2n) is 6.65. The maximum Gasteiger partial charge on any atom is 0.389 e. The van der Waals surface area contributed by atoms with Gasteiger partial charge < -0.3 is 5.32 Å². The van der Waals surface area contributed by atoms with E-state index in [1.165, 1.54) is 0 Å². The third-order valence-corrected chi connectivity index (χ3v) is 4.46. The predicted molar refractivity (Wildman–Crippen MR) is 76.8 cm³/mol. The van der Waals surface area contributed by atoms with Crippen LogP contribution in [0, 0.1) is 5.92 Å². The normalized spacial score (nSPS) is 29.1. The first-order valence-electron chi connectivity index (χ1n) is 7.73. The van der Waals surface area contributed by atoms with E-state index < -0.39 is 12.6 Å². The van der Waals surface area contributed by atoms with E-state index in [-0.39, 0.29) is 12.0 Å². The van der Waals surface area contributed by atoms with E-state index in [9.17, 15) is 13.2 Å². The number of hydrogen-bond donors (Lipinski definition) is 1. The zero-order valence-electron chi connectivity index (χ0n) is 13.2. The lowest BCUT2D eigenvalue weighted by molar-refractivity contribution is -0.135. The fraction of sp³-hybridized carbons (Fsp3) is 1.00. The summed E-state index contributed by atoms with van der Waals surface area (Å²) in [5.74, 6) is 0.520. The minimum absolute atomic E-state index is 0.0927. The number of rotatable bonds is 6. The lowest BCUT2D eigenvalue weighted by atomic mass is 9.89. The Hall–Kier alpha value is -0.290. The van der Waals surface area contributed by atoms with Crippen LogP contribution >= 0.6 is 0 Å². The maximum absolute atomic E-state index is 12.2. The van der Waals surface area contributed by atoms with Crippen molar-refractivity contribution in [2.75, 3.05) is 19.6 Å². The van der Waals surface area contributed by atoms with E-state index in [2.05, 4.69) is 37.9 Å². The molecule has 1 aliphatic heterocycles. The summed E-state index contributed by atoms with van der Waals surface area (Å²) in [4.78, 5) is 2.39. The number of nitrogens with one attached hydrogen (secondary N) is 1. The van der Waals surface area contributed by atoms with Crippen LogP contribution in [-0.4, -0.2) is 42.3 Å². The SMILES string of the molecule is CCC1(C)CN(CCCCC(F)(F)F)C(C(C)C)CN1. The number of alkyl halides is 3. The molecular formula is C15H29F3N2. The van der Waals surface area contributed by atoms with Crippen molar-refractivity contribution in [3.8, 4) is 0 Å². The average molecular weight is 294 g/mol. The molecule has 2 unspecified atom stereocenters. The van der Waals surface area contributed by atoms with Gasteiger partial charge in [-0.3, -0.25) is 4.90 Å². The van der Waals surface area contributed by atoms with Gasteiger partial charge in [0.05, 0.1) is 0 Å². The molecule has 1 N–H and O–H groups in total. The van der Waals surface area contributed by atoms with Crippen molar-refractivity contribution in [2.45, 2.75) is 71.1 Å². The molecule has 0 aromatic carbocycles. The van der Waals surface area contributed by atoms with E-state index in [1.807, 2.05) is 0 Å². The van der Waals surface area contributed by atoms with E-state index in [4.69, 9.17) is 0 Å². The molecule has 5 heteroatoms. The first kappa shape index (κ1) is 17.8. The van der Waals surface area contributed by atoms with Crippen LogP contribution in [0.1, 0.15) is 53.4 Å². The summed E-state index contributed by atoms with van der Waals surface area (Å²) in [6.07, 6.45) is -2.77. The Morgan fingerprint density at radius 2 is 1.95 bits per heavy atom. The summed E-state index contributed by atoms with van der Waals surface area (Å²) in [6, 6.07) is 0.431. The van der Waals surface area contributed by atoms with Gasteiger partial charge in [0.25, 0.3) is 0 Å². The van der Waals surface area contributed by atoms with Crippen LogP contribution in [0.25, 0.3) is 0 Å². The molecule has 1 heterocycles. The van der Waals surface area contributed by atoms with Crippen LogP contribution in [0.15, 0.2) is 0 Å². The minimum atomic E-state index is -4.02. The summed E-state index contributed by atoms with van der Waals surface area (Å²) in [6.45, 7) is 11.4. The van der Waals surface area contributed by atoms with Crippen molar-refractivity contribution in [1.82, 2.24) is 10.2 Å². The van der Waals surface area contributed by atoms with Gasteiger partial charge in [-0.15, -0.1) is 0 Å². The Labute approximate surface area is 121 Å². The molecule has 0 aromatic rings. The minimum Gasteiger partial charge on any atom is -0.309 e.